The summed E-state index contributed by atoms with van der Waals surface area (Å²) in [5.41, 5.74) is 2.36. The van der Waals surface area contributed by atoms with Crippen LogP contribution >= 0.6 is 22.7 Å². The Morgan fingerprint density at radius 3 is 2.88 bits per heavy atom. The van der Waals surface area contributed by atoms with Gasteiger partial charge in [0.1, 0.15) is 10.8 Å². The average molecular weight is 374 g/mol. The van der Waals surface area contributed by atoms with E-state index in [1.54, 1.807) is 29.8 Å². The van der Waals surface area contributed by atoms with Crippen LogP contribution < -0.4 is 19.5 Å². The van der Waals surface area contributed by atoms with Gasteiger partial charge >= 0.3 is 0 Å². The molecule has 0 amide bonds. The highest BCUT2D eigenvalue weighted by atomic mass is 32.1. The van der Waals surface area contributed by atoms with Crippen molar-refractivity contribution in [3.63, 3.8) is 0 Å². The summed E-state index contributed by atoms with van der Waals surface area (Å²) in [5, 5.41) is 11.0. The molecule has 0 aliphatic carbocycles. The molecule has 130 valence electrons. The number of hydrogen-bond acceptors (Lipinski definition) is 7. The molecule has 7 heteroatoms. The lowest BCUT2D eigenvalue weighted by Gasteiger charge is -2.17. The predicted molar refractivity (Wildman–Crippen MR) is 98.8 cm³/mol. The van der Waals surface area contributed by atoms with Crippen molar-refractivity contribution in [1.82, 2.24) is 10.3 Å². The summed E-state index contributed by atoms with van der Waals surface area (Å²) in [5.74, 6) is 2.29. The second-order valence-electron chi connectivity index (χ2n) is 5.66. The Hall–Kier alpha value is -2.09. The van der Waals surface area contributed by atoms with Crippen molar-refractivity contribution in [2.24, 2.45) is 0 Å². The molecule has 0 radical (unpaired) electrons. The number of rotatable bonds is 7. The summed E-state index contributed by atoms with van der Waals surface area (Å²) < 4.78 is 16.4. The maximum Gasteiger partial charge on any atom is 0.231 e. The first kappa shape index (κ1) is 16.4. The minimum atomic E-state index is 0.157. The molecule has 0 spiro atoms. The molecule has 1 aliphatic rings. The molecule has 3 aromatic rings. The fraction of sp³-hybridized carbons (Fsp3) is 0.278. The van der Waals surface area contributed by atoms with Crippen molar-refractivity contribution >= 4 is 22.7 Å². The molecule has 1 aromatic carbocycles. The Bertz CT molecular complexity index is 819. The number of aromatic nitrogens is 1. The molecule has 1 atom stereocenters. The highest BCUT2D eigenvalue weighted by Gasteiger charge is 2.20. The van der Waals surface area contributed by atoms with Crippen LogP contribution in [-0.2, 0) is 13.0 Å². The van der Waals surface area contributed by atoms with Crippen LogP contribution in [0.1, 0.15) is 22.2 Å². The minimum Gasteiger partial charge on any atom is -0.496 e. The SMILES string of the molecule is COc1cc2c(cc1CNC(Cc1ccsc1)c1nccs1)OCO2. The van der Waals surface area contributed by atoms with Crippen LogP contribution in [0.5, 0.6) is 17.2 Å². The summed E-state index contributed by atoms with van der Waals surface area (Å²) in [6.07, 6.45) is 2.76. The third-order valence-corrected chi connectivity index (χ3v) is 5.71. The summed E-state index contributed by atoms with van der Waals surface area (Å²) in [4.78, 5) is 4.49. The average Bonchev–Trinajstić information content (AvgIpc) is 3.39. The van der Waals surface area contributed by atoms with E-state index >= 15 is 0 Å². The summed E-state index contributed by atoms with van der Waals surface area (Å²) in [6, 6.07) is 6.19. The van der Waals surface area contributed by atoms with Gasteiger partial charge in [0.15, 0.2) is 11.5 Å². The second kappa shape index (κ2) is 7.43. The summed E-state index contributed by atoms with van der Waals surface area (Å²) in [6.45, 7) is 0.920. The zero-order valence-electron chi connectivity index (χ0n) is 13.7. The number of nitrogens with one attached hydrogen (secondary N) is 1. The number of thiazole rings is 1. The van der Waals surface area contributed by atoms with Crippen LogP contribution in [0, 0.1) is 0 Å². The number of benzene rings is 1. The van der Waals surface area contributed by atoms with Crippen LogP contribution in [0.25, 0.3) is 0 Å². The Labute approximate surface area is 154 Å². The zero-order chi connectivity index (χ0) is 17.1. The van der Waals surface area contributed by atoms with Gasteiger partial charge < -0.3 is 19.5 Å². The van der Waals surface area contributed by atoms with Gasteiger partial charge in [-0.15, -0.1) is 11.3 Å². The van der Waals surface area contributed by atoms with E-state index in [4.69, 9.17) is 14.2 Å². The molecule has 0 bridgehead atoms. The van der Waals surface area contributed by atoms with E-state index in [0.717, 1.165) is 34.2 Å². The Morgan fingerprint density at radius 2 is 2.16 bits per heavy atom. The second-order valence-corrected chi connectivity index (χ2v) is 7.36. The molecular weight excluding hydrogens is 356 g/mol. The molecule has 3 heterocycles. The molecule has 1 N–H and O–H groups in total. The van der Waals surface area contributed by atoms with Crippen molar-refractivity contribution in [1.29, 1.82) is 0 Å². The molecule has 2 aromatic heterocycles. The Kier molecular flexibility index (Phi) is 4.87. The normalized spacial score (nSPS) is 13.8. The van der Waals surface area contributed by atoms with Gasteiger partial charge in [0.2, 0.25) is 6.79 Å². The van der Waals surface area contributed by atoms with Gasteiger partial charge in [-0.1, -0.05) is 0 Å². The summed E-state index contributed by atoms with van der Waals surface area (Å²) >= 11 is 3.39. The van der Waals surface area contributed by atoms with E-state index in [1.165, 1.54) is 5.56 Å². The standard InChI is InChI=1S/C18H18N2O3S2/c1-21-15-8-17-16(22-11-23-17)7-13(15)9-20-14(18-19-3-5-25-18)6-12-2-4-24-10-12/h2-5,7-8,10,14,20H,6,9,11H2,1H3. The van der Waals surface area contributed by atoms with E-state index in [9.17, 15) is 0 Å². The number of ether oxygens (including phenoxy) is 3. The van der Waals surface area contributed by atoms with Gasteiger partial charge in [0.05, 0.1) is 13.2 Å². The largest absolute Gasteiger partial charge is 0.496 e. The molecule has 1 unspecified atom stereocenters. The number of nitrogens with zero attached hydrogens (tertiary/aromatic N) is 1. The number of fused-ring (bicyclic) bond motifs is 1. The van der Waals surface area contributed by atoms with Crippen molar-refractivity contribution in [2.75, 3.05) is 13.9 Å². The highest BCUT2D eigenvalue weighted by Crippen LogP contribution is 2.38. The van der Waals surface area contributed by atoms with Crippen LogP contribution in [0.2, 0.25) is 0 Å². The lowest BCUT2D eigenvalue weighted by Crippen LogP contribution is -2.23. The number of methoxy groups -OCH3 is 1. The van der Waals surface area contributed by atoms with Crippen molar-refractivity contribution in [3.05, 3.63) is 56.7 Å². The lowest BCUT2D eigenvalue weighted by atomic mass is 10.1. The maximum atomic E-state index is 5.51. The van der Waals surface area contributed by atoms with Gasteiger partial charge in [0.25, 0.3) is 0 Å². The van der Waals surface area contributed by atoms with E-state index in [-0.39, 0.29) is 12.8 Å². The quantitative estimate of drug-likeness (QED) is 0.677. The fourth-order valence-electron chi connectivity index (χ4n) is 2.82. The fourth-order valence-corrected chi connectivity index (χ4v) is 4.22. The van der Waals surface area contributed by atoms with E-state index < -0.39 is 0 Å². The first-order valence-electron chi connectivity index (χ1n) is 7.94. The van der Waals surface area contributed by atoms with Crippen molar-refractivity contribution in [3.8, 4) is 17.2 Å². The number of hydrogen-bond donors (Lipinski definition) is 1. The maximum absolute atomic E-state index is 5.51. The zero-order valence-corrected chi connectivity index (χ0v) is 15.4. The van der Waals surface area contributed by atoms with Crippen LogP contribution in [0.3, 0.4) is 0 Å². The Morgan fingerprint density at radius 1 is 1.28 bits per heavy atom. The van der Waals surface area contributed by atoms with Gasteiger partial charge in [-0.25, -0.2) is 4.98 Å². The van der Waals surface area contributed by atoms with Crippen LogP contribution in [-0.4, -0.2) is 18.9 Å². The smallest absolute Gasteiger partial charge is 0.231 e. The lowest BCUT2D eigenvalue weighted by molar-refractivity contribution is 0.174. The van der Waals surface area contributed by atoms with E-state index in [2.05, 4.69) is 27.1 Å². The molecule has 25 heavy (non-hydrogen) atoms. The van der Waals surface area contributed by atoms with Gasteiger partial charge in [-0.3, -0.25) is 0 Å². The first-order valence-corrected chi connectivity index (χ1v) is 9.76. The molecule has 0 fully saturated rings. The summed E-state index contributed by atoms with van der Waals surface area (Å²) in [7, 11) is 1.67. The van der Waals surface area contributed by atoms with Gasteiger partial charge in [0, 0.05) is 29.8 Å². The van der Waals surface area contributed by atoms with Crippen molar-refractivity contribution in [2.45, 2.75) is 19.0 Å². The minimum absolute atomic E-state index is 0.157. The van der Waals surface area contributed by atoms with Crippen LogP contribution in [0.15, 0.2) is 40.5 Å². The molecule has 0 saturated heterocycles. The van der Waals surface area contributed by atoms with Crippen LogP contribution in [0.4, 0.5) is 0 Å². The molecule has 4 rings (SSSR count). The number of thiophene rings is 1. The molecular formula is C18H18N2O3S2. The van der Waals surface area contributed by atoms with E-state index in [0.29, 0.717) is 6.54 Å². The first-order chi connectivity index (χ1) is 12.3. The monoisotopic (exact) mass is 374 g/mol. The third kappa shape index (κ3) is 3.63. The predicted octanol–water partition coefficient (Wildman–Crippen LogP) is 4.02. The van der Waals surface area contributed by atoms with Gasteiger partial charge in [-0.05, 0) is 34.9 Å². The highest BCUT2D eigenvalue weighted by molar-refractivity contribution is 7.09. The molecule has 0 saturated carbocycles. The third-order valence-electron chi connectivity index (χ3n) is 4.08. The Balaban J connectivity index is 1.53. The van der Waals surface area contributed by atoms with E-state index in [1.807, 2.05) is 23.7 Å². The topological polar surface area (TPSA) is 52.6 Å². The molecule has 5 nitrogen and oxygen atoms in total. The van der Waals surface area contributed by atoms with Gasteiger partial charge in [-0.2, -0.15) is 11.3 Å². The van der Waals surface area contributed by atoms with Crippen molar-refractivity contribution < 1.29 is 14.2 Å². The molecule has 1 aliphatic heterocycles.